The fourth-order valence-electron chi connectivity index (χ4n) is 1.71. The molecule has 0 aliphatic carbocycles. The van der Waals surface area contributed by atoms with E-state index in [-0.39, 0.29) is 15.4 Å². The van der Waals surface area contributed by atoms with Gasteiger partial charge >= 0.3 is 5.69 Å². The van der Waals surface area contributed by atoms with Crippen molar-refractivity contribution in [2.75, 3.05) is 18.1 Å². The summed E-state index contributed by atoms with van der Waals surface area (Å²) in [4.78, 5) is 10.8. The van der Waals surface area contributed by atoms with E-state index in [2.05, 4.69) is 24.3 Å². The molecule has 0 unspecified atom stereocenters. The number of rotatable bonds is 7. The third kappa shape index (κ3) is 3.86. The molecular weight excluding hydrogens is 264 g/mol. The summed E-state index contributed by atoms with van der Waals surface area (Å²) in [5.74, 6) is 0.520. The quantitative estimate of drug-likeness (QED) is 0.616. The second kappa shape index (κ2) is 6.27. The van der Waals surface area contributed by atoms with Gasteiger partial charge in [0.1, 0.15) is 5.69 Å². The topological polar surface area (TPSA) is 73.0 Å². The molecule has 0 fully saturated rings. The summed E-state index contributed by atoms with van der Waals surface area (Å²) in [6, 6.07) is 0. The Morgan fingerprint density at radius 1 is 1.53 bits per heavy atom. The third-order valence-corrected chi connectivity index (χ3v) is 4.20. The van der Waals surface area contributed by atoms with Crippen molar-refractivity contribution in [2.45, 2.75) is 45.4 Å². The van der Waals surface area contributed by atoms with Crippen LogP contribution in [0, 0.1) is 17.0 Å². The van der Waals surface area contributed by atoms with Crippen LogP contribution in [0.3, 0.4) is 0 Å². The zero-order valence-electron chi connectivity index (χ0n) is 12.2. The first kappa shape index (κ1) is 15.8. The molecule has 0 amide bonds. The smallest absolute Gasteiger partial charge is 0.333 e. The minimum atomic E-state index is -0.358. The maximum Gasteiger partial charge on any atom is 0.333 e. The minimum Gasteiger partial charge on any atom is -0.363 e. The molecular formula is C12H22N4O2S. The monoisotopic (exact) mass is 286 g/mol. The van der Waals surface area contributed by atoms with E-state index in [9.17, 15) is 10.1 Å². The van der Waals surface area contributed by atoms with Crippen LogP contribution in [-0.2, 0) is 6.54 Å². The maximum absolute atomic E-state index is 11.2. The van der Waals surface area contributed by atoms with Crippen LogP contribution in [0.4, 0.5) is 11.5 Å². The van der Waals surface area contributed by atoms with Crippen LogP contribution in [0.1, 0.15) is 32.9 Å². The van der Waals surface area contributed by atoms with E-state index < -0.39 is 0 Å². The van der Waals surface area contributed by atoms with Gasteiger partial charge in [0.15, 0.2) is 0 Å². The van der Waals surface area contributed by atoms with Gasteiger partial charge in [-0.2, -0.15) is 16.9 Å². The number of nitrogens with one attached hydrogen (secondary N) is 1. The Morgan fingerprint density at radius 2 is 2.16 bits per heavy atom. The molecule has 1 aromatic heterocycles. The lowest BCUT2D eigenvalue weighted by atomic mass is 10.2. The summed E-state index contributed by atoms with van der Waals surface area (Å²) in [5.41, 5.74) is 0.549. The largest absolute Gasteiger partial charge is 0.363 e. The van der Waals surface area contributed by atoms with Gasteiger partial charge in [-0.05, 0) is 33.4 Å². The van der Waals surface area contributed by atoms with E-state index in [1.54, 1.807) is 23.4 Å². The first-order valence-electron chi connectivity index (χ1n) is 6.33. The molecule has 0 saturated heterocycles. The van der Waals surface area contributed by atoms with Crippen molar-refractivity contribution in [3.8, 4) is 0 Å². The van der Waals surface area contributed by atoms with Gasteiger partial charge in [0.25, 0.3) is 0 Å². The molecule has 0 aromatic carbocycles. The average Bonchev–Trinajstić information content (AvgIpc) is 2.63. The van der Waals surface area contributed by atoms with Crippen LogP contribution in [-0.4, -0.2) is 32.3 Å². The molecule has 7 heteroatoms. The van der Waals surface area contributed by atoms with Crippen LogP contribution < -0.4 is 5.32 Å². The highest BCUT2D eigenvalue weighted by Gasteiger charge is 2.26. The molecule has 1 rings (SSSR count). The highest BCUT2D eigenvalue weighted by molar-refractivity contribution is 7.99. The zero-order valence-corrected chi connectivity index (χ0v) is 13.0. The molecule has 0 aliphatic rings. The third-order valence-electron chi connectivity index (χ3n) is 2.95. The van der Waals surface area contributed by atoms with Crippen molar-refractivity contribution < 1.29 is 4.92 Å². The summed E-state index contributed by atoms with van der Waals surface area (Å²) in [6.45, 7) is 9.24. The lowest BCUT2D eigenvalue weighted by Gasteiger charge is -2.22. The molecule has 1 aromatic rings. The lowest BCUT2D eigenvalue weighted by molar-refractivity contribution is -0.384. The second-order valence-corrected chi connectivity index (χ2v) is 6.59. The molecule has 0 spiro atoms. The molecule has 0 atom stereocenters. The van der Waals surface area contributed by atoms with Gasteiger partial charge in [-0.25, -0.2) is 4.68 Å². The Morgan fingerprint density at radius 3 is 2.63 bits per heavy atom. The van der Waals surface area contributed by atoms with Gasteiger partial charge < -0.3 is 5.32 Å². The fourth-order valence-corrected chi connectivity index (χ4v) is 1.92. The maximum atomic E-state index is 11.2. The van der Waals surface area contributed by atoms with Gasteiger partial charge in [0.05, 0.1) is 4.92 Å². The summed E-state index contributed by atoms with van der Waals surface area (Å²) >= 11 is 1.72. The molecule has 0 saturated carbocycles. The Hall–Kier alpha value is -1.24. The van der Waals surface area contributed by atoms with Crippen molar-refractivity contribution in [3.63, 3.8) is 0 Å². The number of hydrogen-bond acceptors (Lipinski definition) is 5. The predicted octanol–water partition coefficient (Wildman–Crippen LogP) is 3.06. The highest BCUT2D eigenvalue weighted by Crippen LogP contribution is 2.30. The molecule has 0 radical (unpaired) electrons. The predicted molar refractivity (Wildman–Crippen MR) is 80.0 cm³/mol. The first-order chi connectivity index (χ1) is 8.82. The first-order valence-corrected chi connectivity index (χ1v) is 7.55. The van der Waals surface area contributed by atoms with Gasteiger partial charge in [-0.3, -0.25) is 10.1 Å². The molecule has 0 bridgehead atoms. The van der Waals surface area contributed by atoms with Crippen molar-refractivity contribution in [1.82, 2.24) is 9.78 Å². The van der Waals surface area contributed by atoms with Gasteiger partial charge in [-0.15, -0.1) is 0 Å². The molecule has 0 aliphatic heterocycles. The van der Waals surface area contributed by atoms with E-state index in [1.165, 1.54) is 0 Å². The molecule has 6 nitrogen and oxygen atoms in total. The van der Waals surface area contributed by atoms with E-state index >= 15 is 0 Å². The van der Waals surface area contributed by atoms with Gasteiger partial charge in [-0.1, -0.05) is 6.92 Å². The number of nitrogens with zero attached hydrogens (tertiary/aromatic N) is 3. The van der Waals surface area contributed by atoms with Crippen LogP contribution in [0.25, 0.3) is 0 Å². The number of aryl methyl sites for hydroxylation is 2. The Balaban J connectivity index is 3.05. The standard InChI is InChI=1S/C12H22N4O2S/c1-6-7-15-11(13-8-12(3,4)19-5)10(16(17)18)9(2)14-15/h13H,6-8H2,1-5H3. The van der Waals surface area contributed by atoms with Crippen LogP contribution in [0.5, 0.6) is 0 Å². The van der Waals surface area contributed by atoms with E-state index in [1.807, 2.05) is 13.2 Å². The van der Waals surface area contributed by atoms with Crippen molar-refractivity contribution >= 4 is 23.3 Å². The number of anilines is 1. The fraction of sp³-hybridized carbons (Fsp3) is 0.750. The number of aromatic nitrogens is 2. The SMILES string of the molecule is CCCn1nc(C)c([N+](=O)[O-])c1NCC(C)(C)SC. The summed E-state index contributed by atoms with van der Waals surface area (Å²) < 4.78 is 1.72. The summed E-state index contributed by atoms with van der Waals surface area (Å²) in [5, 5.41) is 18.6. The van der Waals surface area contributed by atoms with E-state index in [0.29, 0.717) is 24.6 Å². The Kier molecular flexibility index (Phi) is 5.22. The van der Waals surface area contributed by atoms with Crippen LogP contribution in [0.2, 0.25) is 0 Å². The Labute approximate surface area is 118 Å². The molecule has 108 valence electrons. The number of thioether (sulfide) groups is 1. The lowest BCUT2D eigenvalue weighted by Crippen LogP contribution is -2.27. The van der Waals surface area contributed by atoms with Gasteiger partial charge in [0, 0.05) is 17.8 Å². The Bertz CT molecular complexity index is 457. The average molecular weight is 286 g/mol. The van der Waals surface area contributed by atoms with E-state index in [4.69, 9.17) is 0 Å². The van der Waals surface area contributed by atoms with Crippen molar-refractivity contribution in [3.05, 3.63) is 15.8 Å². The van der Waals surface area contributed by atoms with E-state index in [0.717, 1.165) is 6.42 Å². The zero-order chi connectivity index (χ0) is 14.6. The van der Waals surface area contributed by atoms with Gasteiger partial charge in [0.2, 0.25) is 5.82 Å². The highest BCUT2D eigenvalue weighted by atomic mass is 32.2. The minimum absolute atomic E-state index is 0.0170. The van der Waals surface area contributed by atoms with Crippen LogP contribution in [0.15, 0.2) is 0 Å². The second-order valence-electron chi connectivity index (χ2n) is 5.08. The summed E-state index contributed by atoms with van der Waals surface area (Å²) in [6.07, 6.45) is 2.92. The van der Waals surface area contributed by atoms with Crippen LogP contribution >= 0.6 is 11.8 Å². The molecule has 1 heterocycles. The number of nitro groups is 1. The summed E-state index contributed by atoms with van der Waals surface area (Å²) in [7, 11) is 0. The normalized spacial score (nSPS) is 11.6. The molecule has 19 heavy (non-hydrogen) atoms. The van der Waals surface area contributed by atoms with Crippen molar-refractivity contribution in [1.29, 1.82) is 0 Å². The molecule has 1 N–H and O–H groups in total. The van der Waals surface area contributed by atoms with Crippen molar-refractivity contribution in [2.24, 2.45) is 0 Å². The number of hydrogen-bond donors (Lipinski definition) is 1.